The molecule has 73 heavy (non-hydrogen) atoms. The monoisotopic (exact) mass is 1010 g/mol. The van der Waals surface area contributed by atoms with Crippen molar-refractivity contribution in [2.24, 2.45) is 0 Å². The van der Waals surface area contributed by atoms with E-state index in [1.54, 1.807) is 0 Å². The van der Waals surface area contributed by atoms with E-state index >= 15 is 0 Å². The average Bonchev–Trinajstić information content (AvgIpc) is 3.39. The van der Waals surface area contributed by atoms with Crippen LogP contribution in [-0.2, 0) is 28.6 Å². The molecule has 0 aromatic carbocycles. The van der Waals surface area contributed by atoms with Gasteiger partial charge in [-0.3, -0.25) is 14.4 Å². The molecular weight excluding hydrogens is 901 g/mol. The maximum absolute atomic E-state index is 12.9. The highest BCUT2D eigenvalue weighted by Gasteiger charge is 2.19. The van der Waals surface area contributed by atoms with Crippen molar-refractivity contribution >= 4 is 17.9 Å². The van der Waals surface area contributed by atoms with Gasteiger partial charge in [0.15, 0.2) is 6.10 Å². The second-order valence-corrected chi connectivity index (χ2v) is 19.8. The van der Waals surface area contributed by atoms with Crippen LogP contribution in [0.1, 0.15) is 278 Å². The summed E-state index contributed by atoms with van der Waals surface area (Å²) in [6, 6.07) is 0. The van der Waals surface area contributed by atoms with Crippen LogP contribution >= 0.6 is 0 Å². The van der Waals surface area contributed by atoms with E-state index < -0.39 is 6.10 Å². The summed E-state index contributed by atoms with van der Waals surface area (Å²) in [4.78, 5) is 38.3. The summed E-state index contributed by atoms with van der Waals surface area (Å²) in [5.41, 5.74) is 0. The molecule has 0 amide bonds. The van der Waals surface area contributed by atoms with Crippen molar-refractivity contribution < 1.29 is 28.6 Å². The molecular formula is C67H112O6. The van der Waals surface area contributed by atoms with E-state index in [1.807, 2.05) is 0 Å². The fourth-order valence-electron chi connectivity index (χ4n) is 8.24. The number of ether oxygens (including phenoxy) is 3. The van der Waals surface area contributed by atoms with Gasteiger partial charge in [-0.2, -0.15) is 0 Å². The zero-order valence-electron chi connectivity index (χ0n) is 47.6. The predicted octanol–water partition coefficient (Wildman–Crippen LogP) is 20.7. The van der Waals surface area contributed by atoms with Gasteiger partial charge < -0.3 is 14.2 Å². The van der Waals surface area contributed by atoms with E-state index in [4.69, 9.17) is 14.2 Å². The third-order valence-corrected chi connectivity index (χ3v) is 12.7. The molecule has 0 N–H and O–H groups in total. The third kappa shape index (κ3) is 58.8. The molecule has 0 rings (SSSR count). The smallest absolute Gasteiger partial charge is 0.306 e. The number of esters is 3. The summed E-state index contributed by atoms with van der Waals surface area (Å²) >= 11 is 0. The highest BCUT2D eigenvalue weighted by molar-refractivity contribution is 5.71. The molecule has 1 unspecified atom stereocenters. The Morgan fingerprint density at radius 3 is 0.836 bits per heavy atom. The van der Waals surface area contributed by atoms with Gasteiger partial charge in [0.05, 0.1) is 0 Å². The maximum atomic E-state index is 12.9. The first-order valence-electron chi connectivity index (χ1n) is 30.4. The predicted molar refractivity (Wildman–Crippen MR) is 316 cm³/mol. The normalized spacial score (nSPS) is 12.9. The number of hydrogen-bond acceptors (Lipinski definition) is 6. The summed E-state index contributed by atoms with van der Waals surface area (Å²) < 4.78 is 16.9. The van der Waals surface area contributed by atoms with Crippen molar-refractivity contribution in [2.75, 3.05) is 13.2 Å². The molecule has 0 saturated heterocycles. The molecule has 0 aliphatic rings. The van der Waals surface area contributed by atoms with Gasteiger partial charge in [0.25, 0.3) is 0 Å². The molecule has 6 heteroatoms. The van der Waals surface area contributed by atoms with Crippen LogP contribution in [0, 0.1) is 0 Å². The summed E-state index contributed by atoms with van der Waals surface area (Å²) in [5, 5.41) is 0. The zero-order chi connectivity index (χ0) is 52.9. The molecule has 0 aromatic rings. The lowest BCUT2D eigenvalue weighted by atomic mass is 10.1. The van der Waals surface area contributed by atoms with Crippen molar-refractivity contribution in [1.82, 2.24) is 0 Å². The molecule has 0 saturated carbocycles. The molecule has 0 heterocycles. The van der Waals surface area contributed by atoms with E-state index in [-0.39, 0.29) is 31.1 Å². The minimum atomic E-state index is -0.794. The molecule has 6 nitrogen and oxygen atoms in total. The molecule has 0 aliphatic carbocycles. The fourth-order valence-corrected chi connectivity index (χ4v) is 8.24. The summed E-state index contributed by atoms with van der Waals surface area (Å²) in [7, 11) is 0. The summed E-state index contributed by atoms with van der Waals surface area (Å²) in [6.45, 7) is 6.38. The highest BCUT2D eigenvalue weighted by Crippen LogP contribution is 2.15. The second kappa shape index (κ2) is 60.6. The first kappa shape index (κ1) is 69.1. The van der Waals surface area contributed by atoms with Crippen molar-refractivity contribution in [3.8, 4) is 0 Å². The van der Waals surface area contributed by atoms with Crippen LogP contribution in [0.4, 0.5) is 0 Å². The van der Waals surface area contributed by atoms with Crippen LogP contribution in [0.2, 0.25) is 0 Å². The molecule has 0 aromatic heterocycles. The summed E-state index contributed by atoms with van der Waals surface area (Å²) in [5.74, 6) is -0.913. The zero-order valence-corrected chi connectivity index (χ0v) is 47.6. The Morgan fingerprint density at radius 1 is 0.288 bits per heavy atom. The maximum Gasteiger partial charge on any atom is 0.306 e. The Bertz CT molecular complexity index is 1490. The van der Waals surface area contributed by atoms with Crippen molar-refractivity contribution in [3.63, 3.8) is 0 Å². The number of carbonyl (C=O) groups excluding carboxylic acids is 3. The minimum Gasteiger partial charge on any atom is -0.462 e. The standard InChI is InChI=1S/C67H112O6/c1-4-7-10-13-16-19-22-25-28-30-31-32-33-34-35-37-39-42-45-48-51-54-57-60-66(69)72-63-64(62-71-65(68)59-56-53-50-47-44-41-38-27-24-21-18-15-12-9-6-3)73-67(70)61-58-55-52-49-46-43-40-36-29-26-23-20-17-14-11-8-5-2/h7-8,10-11,16-21,25-29,31-32,38,64H,4-6,9,12-15,22-24,30,33-37,39-63H2,1-3H3/b10-7-,11-8-,19-16-,20-17-,21-18-,28-25-,29-26-,32-31-,38-27-. The van der Waals surface area contributed by atoms with Crippen molar-refractivity contribution in [3.05, 3.63) is 109 Å². The number of rotatable bonds is 54. The van der Waals surface area contributed by atoms with Gasteiger partial charge in [0.2, 0.25) is 0 Å². The fraction of sp³-hybridized carbons (Fsp3) is 0.687. The molecule has 0 bridgehead atoms. The van der Waals surface area contributed by atoms with Gasteiger partial charge in [0, 0.05) is 19.3 Å². The lowest BCUT2D eigenvalue weighted by molar-refractivity contribution is -0.167. The highest BCUT2D eigenvalue weighted by atomic mass is 16.6. The Labute approximate surface area is 450 Å². The molecule has 416 valence electrons. The van der Waals surface area contributed by atoms with Gasteiger partial charge in [-0.1, -0.05) is 246 Å². The quantitative estimate of drug-likeness (QED) is 0.0261. The Kier molecular flexibility index (Phi) is 57.4. The van der Waals surface area contributed by atoms with E-state index in [0.717, 1.165) is 135 Å². The van der Waals surface area contributed by atoms with Crippen LogP contribution in [0.5, 0.6) is 0 Å². The van der Waals surface area contributed by atoms with E-state index in [1.165, 1.54) is 103 Å². The van der Waals surface area contributed by atoms with Crippen LogP contribution < -0.4 is 0 Å². The molecule has 0 radical (unpaired) electrons. The van der Waals surface area contributed by atoms with Crippen LogP contribution in [0.15, 0.2) is 109 Å². The number of allylic oxidation sites excluding steroid dienone is 18. The molecule has 0 aliphatic heterocycles. The Hall–Kier alpha value is -3.93. The van der Waals surface area contributed by atoms with Gasteiger partial charge in [-0.25, -0.2) is 0 Å². The number of unbranched alkanes of at least 4 members (excludes halogenated alkanes) is 25. The third-order valence-electron chi connectivity index (χ3n) is 12.7. The Balaban J connectivity index is 4.39. The lowest BCUT2D eigenvalue weighted by Gasteiger charge is -2.18. The van der Waals surface area contributed by atoms with Gasteiger partial charge in [0.1, 0.15) is 13.2 Å². The van der Waals surface area contributed by atoms with E-state index in [9.17, 15) is 14.4 Å². The SMILES string of the molecule is CC/C=C\C/C=C\C/C=C\C/C=C\CCCCCCCCCCCCC(=O)OCC(COC(=O)CCCCCCC/C=C\C/C=C\CCCCC)OC(=O)CCCCCCCCC/C=C\C/C=C\C/C=C\CC. The molecule has 0 fully saturated rings. The van der Waals surface area contributed by atoms with Gasteiger partial charge in [-0.15, -0.1) is 0 Å². The van der Waals surface area contributed by atoms with E-state index in [2.05, 4.69) is 130 Å². The first-order chi connectivity index (χ1) is 36.0. The van der Waals surface area contributed by atoms with Crippen LogP contribution in [-0.4, -0.2) is 37.2 Å². The Morgan fingerprint density at radius 2 is 0.534 bits per heavy atom. The minimum absolute atomic E-state index is 0.0898. The lowest BCUT2D eigenvalue weighted by Crippen LogP contribution is -2.30. The molecule has 0 spiro atoms. The van der Waals surface area contributed by atoms with Gasteiger partial charge >= 0.3 is 17.9 Å². The largest absolute Gasteiger partial charge is 0.462 e. The second-order valence-electron chi connectivity index (χ2n) is 19.8. The van der Waals surface area contributed by atoms with Crippen molar-refractivity contribution in [2.45, 2.75) is 284 Å². The average molecular weight is 1010 g/mol. The van der Waals surface area contributed by atoms with Gasteiger partial charge in [-0.05, 0) is 122 Å². The van der Waals surface area contributed by atoms with E-state index in [0.29, 0.717) is 19.3 Å². The van der Waals surface area contributed by atoms with Crippen molar-refractivity contribution in [1.29, 1.82) is 0 Å². The summed E-state index contributed by atoms with van der Waals surface area (Å²) in [6.07, 6.45) is 82.2. The molecule has 1 atom stereocenters. The van der Waals surface area contributed by atoms with Crippen LogP contribution in [0.3, 0.4) is 0 Å². The first-order valence-corrected chi connectivity index (χ1v) is 30.4. The number of carbonyl (C=O) groups is 3. The van der Waals surface area contributed by atoms with Crippen LogP contribution in [0.25, 0.3) is 0 Å². The number of hydrogen-bond donors (Lipinski definition) is 0. The topological polar surface area (TPSA) is 78.9 Å².